The van der Waals surface area contributed by atoms with Gasteiger partial charge in [-0.25, -0.2) is 32.8 Å². The largest absolute Gasteiger partial charge is 0.312 e. The summed E-state index contributed by atoms with van der Waals surface area (Å²) < 4.78 is 19.8. The minimum Gasteiger partial charge on any atom is -0.264 e. The van der Waals surface area contributed by atoms with Crippen LogP contribution in [0.5, 0.6) is 0 Å². The molecule has 0 saturated heterocycles. The van der Waals surface area contributed by atoms with Crippen LogP contribution in [0.1, 0.15) is 196 Å². The van der Waals surface area contributed by atoms with E-state index in [1.54, 1.807) is 31.1 Å². The molecule has 0 aliphatic rings. The molecule has 0 unspecified atom stereocenters. The van der Waals surface area contributed by atoms with E-state index >= 15 is 0 Å². The number of rotatable bonds is 5. The molecular formula is C75H135N20+5. The van der Waals surface area contributed by atoms with Gasteiger partial charge in [-0.05, 0) is 81.6 Å². The lowest BCUT2D eigenvalue weighted by atomic mass is 10.1. The van der Waals surface area contributed by atoms with Gasteiger partial charge in [-0.3, -0.25) is 15.0 Å². The fourth-order valence-electron chi connectivity index (χ4n) is 8.01. The van der Waals surface area contributed by atoms with E-state index in [0.717, 1.165) is 97.4 Å². The summed E-state index contributed by atoms with van der Waals surface area (Å²) in [5.41, 5.74) is 11.0. The standard InChI is InChI=1S/C12H16N3.3C11H15N4.C10H14N5.10C2H6/c1-9-7-5-6-8-11(9)12-13-15(4)10(2)14(12)3;1-8-7-12-6-5-10(8)11-13-15(4)9(2)14(11)3;1-8-5-6-12-7-10(8)11-13-15(4)9(2)14(11)3;1-8-10(6-5-7-12-8)11-13-15(4)9(2)14(11)3;1-7-9(5-11-6-12-7)10-13-15(4)8(2)14(10)3;10*1-2/h5-8H,1-4H3;3*5-7H,1-4H3;5-6H,1-4H3;10*1-2H3/q5*+1;;;;;;;;;;. The lowest BCUT2D eigenvalue weighted by Gasteiger charge is -1.98. The molecule has 9 aromatic heterocycles. The predicted octanol–water partition coefficient (Wildman–Crippen LogP) is 14.9. The van der Waals surface area contributed by atoms with Gasteiger partial charge in [-0.1, -0.05) is 157 Å². The summed E-state index contributed by atoms with van der Waals surface area (Å²) in [7, 11) is 19.8. The first-order valence-corrected chi connectivity index (χ1v) is 34.6. The molecule has 530 valence electrons. The summed E-state index contributed by atoms with van der Waals surface area (Å²) in [6.07, 6.45) is 12.5. The molecule has 0 radical (unpaired) electrons. The van der Waals surface area contributed by atoms with Gasteiger partial charge in [0, 0.05) is 97.3 Å². The normalized spacial score (nSPS) is 9.05. The summed E-state index contributed by atoms with van der Waals surface area (Å²) in [5, 5.41) is 22.4. The Bertz CT molecular complexity index is 3050. The van der Waals surface area contributed by atoms with Crippen LogP contribution in [0, 0.1) is 69.2 Å². The number of nitrogens with zero attached hydrogens (tertiary/aromatic N) is 20. The van der Waals surface area contributed by atoms with Crippen molar-refractivity contribution in [2.75, 3.05) is 0 Å². The Labute approximate surface area is 578 Å². The third kappa shape index (κ3) is 27.7. The van der Waals surface area contributed by atoms with Gasteiger partial charge in [-0.15, -0.1) is 23.4 Å². The van der Waals surface area contributed by atoms with Gasteiger partial charge >= 0.3 is 29.1 Å². The zero-order valence-corrected chi connectivity index (χ0v) is 67.6. The zero-order valence-electron chi connectivity index (χ0n) is 67.6. The number of hydrogen-bond acceptors (Lipinski definition) is 10. The Balaban J connectivity index is -0.000000332. The van der Waals surface area contributed by atoms with E-state index in [1.165, 1.54) is 16.7 Å². The monoisotopic (exact) mass is 1320 g/mol. The molecule has 0 amide bonds. The fraction of sp³-hybridized carbons (Fsp3) is 0.533. The van der Waals surface area contributed by atoms with Gasteiger partial charge in [0.1, 0.15) is 6.33 Å². The summed E-state index contributed by atoms with van der Waals surface area (Å²) in [6.45, 7) is 60.4. The van der Waals surface area contributed by atoms with Crippen LogP contribution >= 0.6 is 0 Å². The third-order valence-electron chi connectivity index (χ3n) is 13.9. The molecule has 95 heavy (non-hydrogen) atoms. The molecular weight excluding hydrogens is 1180 g/mol. The summed E-state index contributed by atoms with van der Waals surface area (Å²) in [6, 6.07) is 16.3. The average molecular weight is 1320 g/mol. The number of benzene rings is 1. The zero-order chi connectivity index (χ0) is 75.0. The lowest BCUT2D eigenvalue weighted by molar-refractivity contribution is -0.667. The third-order valence-corrected chi connectivity index (χ3v) is 13.9. The summed E-state index contributed by atoms with van der Waals surface area (Å²) in [5.74, 6) is 10.4. The number of pyridine rings is 3. The predicted molar refractivity (Wildman–Crippen MR) is 399 cm³/mol. The Morgan fingerprint density at radius 3 is 0.874 bits per heavy atom. The summed E-state index contributed by atoms with van der Waals surface area (Å²) in [4.78, 5) is 20.7. The van der Waals surface area contributed by atoms with Crippen LogP contribution in [0.25, 0.3) is 56.9 Å². The maximum absolute atomic E-state index is 4.52. The van der Waals surface area contributed by atoms with Crippen molar-refractivity contribution >= 4 is 0 Å². The molecule has 20 nitrogen and oxygen atoms in total. The van der Waals surface area contributed by atoms with Gasteiger partial charge in [0.15, 0.2) is 0 Å². The van der Waals surface area contributed by atoms with Gasteiger partial charge in [-0.2, -0.15) is 0 Å². The van der Waals surface area contributed by atoms with Crippen molar-refractivity contribution < 1.29 is 22.8 Å². The Hall–Kier alpha value is -8.55. The maximum atomic E-state index is 4.52. The molecule has 10 aromatic rings. The van der Waals surface area contributed by atoms with Crippen molar-refractivity contribution in [3.8, 4) is 56.9 Å². The molecule has 20 heteroatoms. The van der Waals surface area contributed by atoms with Gasteiger partial charge in [0.05, 0.1) is 110 Å². The van der Waals surface area contributed by atoms with Crippen LogP contribution in [0.3, 0.4) is 0 Å². The quantitative estimate of drug-likeness (QED) is 0.151. The molecule has 0 aliphatic carbocycles. The molecule has 0 N–H and O–H groups in total. The second-order valence-electron chi connectivity index (χ2n) is 18.6. The van der Waals surface area contributed by atoms with Crippen LogP contribution in [0.4, 0.5) is 0 Å². The van der Waals surface area contributed by atoms with Crippen molar-refractivity contribution in [1.29, 1.82) is 0 Å². The second-order valence-corrected chi connectivity index (χ2v) is 18.6. The first-order chi connectivity index (χ1) is 45.5. The van der Waals surface area contributed by atoms with E-state index < -0.39 is 0 Å². The van der Waals surface area contributed by atoms with Crippen LogP contribution in [0.2, 0.25) is 0 Å². The van der Waals surface area contributed by atoms with Crippen LogP contribution in [0.15, 0.2) is 92.0 Å². The van der Waals surface area contributed by atoms with Gasteiger partial charge in [0.2, 0.25) is 29.1 Å². The maximum Gasteiger partial charge on any atom is 0.312 e. The highest BCUT2D eigenvalue weighted by Crippen LogP contribution is 2.21. The highest BCUT2D eigenvalue weighted by Gasteiger charge is 2.25. The first kappa shape index (κ1) is 95.1. The fourth-order valence-corrected chi connectivity index (χ4v) is 8.01. The van der Waals surface area contributed by atoms with Crippen molar-refractivity contribution in [2.45, 2.75) is 208 Å². The van der Waals surface area contributed by atoms with E-state index in [-0.39, 0.29) is 0 Å². The minimum absolute atomic E-state index is 0.896. The van der Waals surface area contributed by atoms with Crippen molar-refractivity contribution in [3.05, 3.63) is 149 Å². The number of aromatic nitrogens is 20. The molecule has 9 heterocycles. The number of aryl methyl sites for hydroxylation is 10. The lowest BCUT2D eigenvalue weighted by Crippen LogP contribution is -2.32. The smallest absolute Gasteiger partial charge is 0.264 e. The minimum atomic E-state index is 0.896. The van der Waals surface area contributed by atoms with Crippen molar-refractivity contribution in [1.82, 2.24) is 73.8 Å². The highest BCUT2D eigenvalue weighted by atomic mass is 15.4. The van der Waals surface area contributed by atoms with E-state index in [4.69, 9.17) is 0 Å². The number of hydrogen-bond donors (Lipinski definition) is 0. The van der Waals surface area contributed by atoms with E-state index in [9.17, 15) is 0 Å². The Morgan fingerprint density at radius 2 is 0.547 bits per heavy atom. The van der Waals surface area contributed by atoms with E-state index in [1.807, 2.05) is 328 Å². The van der Waals surface area contributed by atoms with Gasteiger partial charge < -0.3 is 0 Å². The molecule has 0 atom stereocenters. The summed E-state index contributed by atoms with van der Waals surface area (Å²) >= 11 is 0. The SMILES string of the molecule is CC.CC.CC.CC.CC.CC.CC.CC.CC.CC.Cc1ccccc1-c1nn(C)c(C)[n+]1C.Cc1ccncc1-c1nn(C)c(C)[n+]1C.Cc1cnccc1-c1nn(C)c(C)[n+]1C.Cc1ncccc1-c1nn(C)c(C)[n+]1C.Cc1ncncc1-c1nn(C)c(C)[n+]1C. The average Bonchev–Trinajstić information content (AvgIpc) is 1.76. The Morgan fingerprint density at radius 1 is 0.263 bits per heavy atom. The molecule has 1 aromatic carbocycles. The van der Waals surface area contributed by atoms with Crippen LogP contribution < -0.4 is 22.8 Å². The molecule has 0 saturated carbocycles. The van der Waals surface area contributed by atoms with Crippen molar-refractivity contribution in [3.63, 3.8) is 0 Å². The topological polar surface area (TPSA) is 173 Å². The molecule has 0 bridgehead atoms. The van der Waals surface area contributed by atoms with E-state index in [0.29, 0.717) is 0 Å². The molecule has 0 spiro atoms. The van der Waals surface area contributed by atoms with Crippen LogP contribution in [-0.4, -0.2) is 73.8 Å². The first-order valence-electron chi connectivity index (χ1n) is 34.6. The second kappa shape index (κ2) is 53.8. The van der Waals surface area contributed by atoms with Crippen molar-refractivity contribution in [2.24, 2.45) is 70.5 Å². The molecule has 10 rings (SSSR count). The van der Waals surface area contributed by atoms with Crippen LogP contribution in [-0.2, 0) is 70.5 Å². The molecule has 0 fully saturated rings. The van der Waals surface area contributed by atoms with E-state index in [2.05, 4.69) is 108 Å². The molecule has 0 aliphatic heterocycles. The highest BCUT2D eigenvalue weighted by molar-refractivity contribution is 5.58. The Kier molecular flexibility index (Phi) is 53.9. The van der Waals surface area contributed by atoms with Gasteiger partial charge in [0.25, 0.3) is 0 Å².